The van der Waals surface area contributed by atoms with Crippen molar-refractivity contribution in [1.82, 2.24) is 15.0 Å². The van der Waals surface area contributed by atoms with Gasteiger partial charge in [0.05, 0.1) is 12.3 Å². The summed E-state index contributed by atoms with van der Waals surface area (Å²) in [5.74, 6) is 0.766. The molecule has 21 heavy (non-hydrogen) atoms. The van der Waals surface area contributed by atoms with Gasteiger partial charge in [0.2, 0.25) is 0 Å². The highest BCUT2D eigenvalue weighted by atomic mass is 16.5. The van der Waals surface area contributed by atoms with E-state index in [0.717, 1.165) is 17.1 Å². The quantitative estimate of drug-likeness (QED) is 0.779. The second-order valence-corrected chi connectivity index (χ2v) is 4.49. The van der Waals surface area contributed by atoms with Crippen LogP contribution in [0.15, 0.2) is 60.7 Å². The lowest BCUT2D eigenvalue weighted by Crippen LogP contribution is -2.07. The van der Waals surface area contributed by atoms with Crippen molar-refractivity contribution in [3.8, 4) is 11.4 Å². The second kappa shape index (κ2) is 6.19. The fourth-order valence-corrected chi connectivity index (χ4v) is 2.05. The lowest BCUT2D eigenvalue weighted by molar-refractivity contribution is 0.263. The van der Waals surface area contributed by atoms with Gasteiger partial charge in [-0.15, -0.1) is 5.10 Å². The van der Waals surface area contributed by atoms with Crippen LogP contribution in [0.25, 0.3) is 5.69 Å². The standard InChI is InChI=1S/C16H15N3O2/c20-11-15-16(12-21-14-9-5-2-6-10-14)19(18-17-15)13-7-3-1-4-8-13/h1-10,20H,11-12H2. The molecule has 0 aliphatic rings. The van der Waals surface area contributed by atoms with Gasteiger partial charge in [-0.3, -0.25) is 0 Å². The van der Waals surface area contributed by atoms with Gasteiger partial charge < -0.3 is 9.84 Å². The third kappa shape index (κ3) is 2.93. The maximum atomic E-state index is 9.40. The number of nitrogens with zero attached hydrogens (tertiary/aromatic N) is 3. The van der Waals surface area contributed by atoms with Crippen molar-refractivity contribution in [2.75, 3.05) is 0 Å². The summed E-state index contributed by atoms with van der Waals surface area (Å²) in [5.41, 5.74) is 2.15. The lowest BCUT2D eigenvalue weighted by atomic mass is 10.3. The van der Waals surface area contributed by atoms with Crippen LogP contribution in [-0.2, 0) is 13.2 Å². The van der Waals surface area contributed by atoms with Gasteiger partial charge in [-0.1, -0.05) is 41.6 Å². The number of ether oxygens (including phenoxy) is 1. The van der Waals surface area contributed by atoms with E-state index in [1.54, 1.807) is 4.68 Å². The number of benzene rings is 2. The topological polar surface area (TPSA) is 60.2 Å². The molecule has 0 unspecified atom stereocenters. The molecule has 0 aliphatic heterocycles. The number of aliphatic hydroxyl groups is 1. The lowest BCUT2D eigenvalue weighted by Gasteiger charge is -2.09. The zero-order valence-corrected chi connectivity index (χ0v) is 11.4. The molecule has 0 saturated heterocycles. The third-order valence-corrected chi connectivity index (χ3v) is 3.11. The Balaban J connectivity index is 1.88. The number of hydrogen-bond donors (Lipinski definition) is 1. The predicted octanol–water partition coefficient (Wildman–Crippen LogP) is 2.34. The van der Waals surface area contributed by atoms with Crippen molar-refractivity contribution in [2.45, 2.75) is 13.2 Å². The van der Waals surface area contributed by atoms with Crippen LogP contribution in [0.5, 0.6) is 5.75 Å². The molecule has 2 aromatic carbocycles. The highest BCUT2D eigenvalue weighted by Crippen LogP contribution is 2.16. The van der Waals surface area contributed by atoms with Crippen LogP contribution in [0.3, 0.4) is 0 Å². The van der Waals surface area contributed by atoms with Gasteiger partial charge in [-0.25, -0.2) is 4.68 Å². The molecule has 0 bridgehead atoms. The average molecular weight is 281 g/mol. The SMILES string of the molecule is OCc1nnn(-c2ccccc2)c1COc1ccccc1. The monoisotopic (exact) mass is 281 g/mol. The molecule has 0 amide bonds. The van der Waals surface area contributed by atoms with E-state index in [0.29, 0.717) is 12.3 Å². The Morgan fingerprint density at radius 1 is 0.952 bits per heavy atom. The minimum absolute atomic E-state index is 0.166. The fraction of sp³-hybridized carbons (Fsp3) is 0.125. The molecule has 0 spiro atoms. The molecule has 0 saturated carbocycles. The first-order valence-electron chi connectivity index (χ1n) is 6.66. The first kappa shape index (κ1) is 13.3. The van der Waals surface area contributed by atoms with Crippen LogP contribution in [0.1, 0.15) is 11.4 Å². The Labute approximate surface area is 122 Å². The molecule has 5 nitrogen and oxygen atoms in total. The average Bonchev–Trinajstić information content (AvgIpc) is 2.97. The van der Waals surface area contributed by atoms with Gasteiger partial charge in [0, 0.05) is 0 Å². The third-order valence-electron chi connectivity index (χ3n) is 3.11. The first-order valence-corrected chi connectivity index (χ1v) is 6.66. The van der Waals surface area contributed by atoms with E-state index in [1.165, 1.54) is 0 Å². The summed E-state index contributed by atoms with van der Waals surface area (Å²) in [6.07, 6.45) is 0. The molecule has 0 radical (unpaired) electrons. The van der Waals surface area contributed by atoms with E-state index in [1.807, 2.05) is 60.7 Å². The Hall–Kier alpha value is -2.66. The smallest absolute Gasteiger partial charge is 0.132 e. The molecular weight excluding hydrogens is 266 g/mol. The van der Waals surface area contributed by atoms with E-state index in [2.05, 4.69) is 10.3 Å². The minimum atomic E-state index is -0.166. The molecule has 3 rings (SSSR count). The van der Waals surface area contributed by atoms with Gasteiger partial charge in [0.15, 0.2) is 0 Å². The minimum Gasteiger partial charge on any atom is -0.487 e. The normalized spacial score (nSPS) is 10.5. The van der Waals surface area contributed by atoms with E-state index in [4.69, 9.17) is 4.74 Å². The maximum absolute atomic E-state index is 9.40. The predicted molar refractivity (Wildman–Crippen MR) is 78.1 cm³/mol. The van der Waals surface area contributed by atoms with Crippen molar-refractivity contribution in [3.63, 3.8) is 0 Å². The largest absolute Gasteiger partial charge is 0.487 e. The maximum Gasteiger partial charge on any atom is 0.132 e. The summed E-state index contributed by atoms with van der Waals surface area (Å²) in [6, 6.07) is 19.2. The van der Waals surface area contributed by atoms with Crippen molar-refractivity contribution in [2.24, 2.45) is 0 Å². The molecule has 1 heterocycles. The second-order valence-electron chi connectivity index (χ2n) is 4.49. The zero-order chi connectivity index (χ0) is 14.5. The van der Waals surface area contributed by atoms with E-state index in [-0.39, 0.29) is 6.61 Å². The Kier molecular flexibility index (Phi) is 3.93. The molecular formula is C16H15N3O2. The first-order chi connectivity index (χ1) is 10.4. The number of aromatic nitrogens is 3. The molecule has 0 fully saturated rings. The summed E-state index contributed by atoms with van der Waals surface area (Å²) in [7, 11) is 0. The molecule has 1 aromatic heterocycles. The molecule has 106 valence electrons. The number of hydrogen-bond acceptors (Lipinski definition) is 4. The Bertz CT molecular complexity index is 696. The Morgan fingerprint density at radius 3 is 2.29 bits per heavy atom. The molecule has 5 heteroatoms. The van der Waals surface area contributed by atoms with Gasteiger partial charge in [-0.05, 0) is 24.3 Å². The summed E-state index contributed by atoms with van der Waals surface area (Å²) in [6.45, 7) is 0.127. The number of para-hydroxylation sites is 2. The molecule has 1 N–H and O–H groups in total. The summed E-state index contributed by atoms with van der Waals surface area (Å²) >= 11 is 0. The van der Waals surface area contributed by atoms with Crippen molar-refractivity contribution >= 4 is 0 Å². The van der Waals surface area contributed by atoms with Gasteiger partial charge in [0.1, 0.15) is 23.7 Å². The summed E-state index contributed by atoms with van der Waals surface area (Å²) in [5, 5.41) is 17.5. The van der Waals surface area contributed by atoms with Crippen LogP contribution < -0.4 is 4.74 Å². The van der Waals surface area contributed by atoms with Crippen molar-refractivity contribution in [1.29, 1.82) is 0 Å². The van der Waals surface area contributed by atoms with Crippen molar-refractivity contribution in [3.05, 3.63) is 72.1 Å². The molecule has 3 aromatic rings. The highest BCUT2D eigenvalue weighted by molar-refractivity contribution is 5.33. The van der Waals surface area contributed by atoms with Crippen LogP contribution >= 0.6 is 0 Å². The number of rotatable bonds is 5. The fourth-order valence-electron chi connectivity index (χ4n) is 2.05. The van der Waals surface area contributed by atoms with Crippen molar-refractivity contribution < 1.29 is 9.84 Å². The summed E-state index contributed by atoms with van der Waals surface area (Å²) in [4.78, 5) is 0. The van der Waals surface area contributed by atoms with Crippen LogP contribution in [0.2, 0.25) is 0 Å². The van der Waals surface area contributed by atoms with Gasteiger partial charge in [-0.2, -0.15) is 0 Å². The van der Waals surface area contributed by atoms with E-state index >= 15 is 0 Å². The Morgan fingerprint density at radius 2 is 1.62 bits per heavy atom. The van der Waals surface area contributed by atoms with E-state index < -0.39 is 0 Å². The van der Waals surface area contributed by atoms with Crippen LogP contribution in [0.4, 0.5) is 0 Å². The van der Waals surface area contributed by atoms with Crippen LogP contribution in [-0.4, -0.2) is 20.1 Å². The van der Waals surface area contributed by atoms with Crippen LogP contribution in [0, 0.1) is 0 Å². The highest BCUT2D eigenvalue weighted by Gasteiger charge is 2.14. The molecule has 0 aliphatic carbocycles. The zero-order valence-electron chi connectivity index (χ0n) is 11.4. The summed E-state index contributed by atoms with van der Waals surface area (Å²) < 4.78 is 7.43. The van der Waals surface area contributed by atoms with Gasteiger partial charge in [0.25, 0.3) is 0 Å². The van der Waals surface area contributed by atoms with E-state index in [9.17, 15) is 5.11 Å². The van der Waals surface area contributed by atoms with Gasteiger partial charge >= 0.3 is 0 Å². The number of aliphatic hydroxyl groups excluding tert-OH is 1. The molecule has 0 atom stereocenters.